The molecule has 28 heavy (non-hydrogen) atoms. The van der Waals surface area contributed by atoms with Gasteiger partial charge in [0.15, 0.2) is 5.60 Å². The highest BCUT2D eigenvalue weighted by Gasteiger charge is 2.45. The molecule has 3 aromatic rings. The number of ether oxygens (including phenoxy) is 2. The van der Waals surface area contributed by atoms with E-state index in [0.29, 0.717) is 34.8 Å². The third-order valence-electron chi connectivity index (χ3n) is 5.72. The fraction of sp³-hybridized carbons (Fsp3) is 0.286. The van der Waals surface area contributed by atoms with Gasteiger partial charge >= 0.3 is 5.97 Å². The predicted molar refractivity (Wildman–Crippen MR) is 101 cm³/mol. The Balaban J connectivity index is 1.78. The number of methoxy groups -OCH3 is 1. The summed E-state index contributed by atoms with van der Waals surface area (Å²) >= 11 is 0. The van der Waals surface area contributed by atoms with Crippen molar-refractivity contribution in [1.82, 2.24) is 9.55 Å². The Hall–Kier alpha value is -3.19. The smallest absolute Gasteiger partial charge is 0.343 e. The van der Waals surface area contributed by atoms with E-state index in [9.17, 15) is 14.7 Å². The number of nitrogens with zero attached hydrogens (tertiary/aromatic N) is 2. The molecule has 0 saturated carbocycles. The Bertz CT molecular complexity index is 1230. The van der Waals surface area contributed by atoms with E-state index in [1.807, 2.05) is 24.3 Å². The van der Waals surface area contributed by atoms with Gasteiger partial charge in [-0.2, -0.15) is 0 Å². The second-order valence-electron chi connectivity index (χ2n) is 7.16. The van der Waals surface area contributed by atoms with Crippen LogP contribution in [0.2, 0.25) is 0 Å². The molecule has 4 heterocycles. The lowest BCUT2D eigenvalue weighted by Gasteiger charge is -2.31. The minimum atomic E-state index is -1.81. The highest BCUT2D eigenvalue weighted by molar-refractivity contribution is 5.86. The summed E-state index contributed by atoms with van der Waals surface area (Å²) in [5.74, 6) is -0.0230. The van der Waals surface area contributed by atoms with Crippen LogP contribution >= 0.6 is 0 Å². The number of rotatable bonds is 2. The maximum absolute atomic E-state index is 13.1. The van der Waals surface area contributed by atoms with Crippen LogP contribution in [0, 0.1) is 0 Å². The first-order chi connectivity index (χ1) is 13.5. The van der Waals surface area contributed by atoms with Gasteiger partial charge < -0.3 is 19.1 Å². The maximum Gasteiger partial charge on any atom is 0.343 e. The summed E-state index contributed by atoms with van der Waals surface area (Å²) in [6, 6.07) is 9.37. The van der Waals surface area contributed by atoms with Crippen molar-refractivity contribution in [2.45, 2.75) is 32.1 Å². The van der Waals surface area contributed by atoms with Crippen LogP contribution in [0.25, 0.3) is 22.3 Å². The van der Waals surface area contributed by atoms with Gasteiger partial charge in [-0.1, -0.05) is 6.92 Å². The predicted octanol–water partition coefficient (Wildman–Crippen LogP) is 2.09. The number of benzene rings is 1. The summed E-state index contributed by atoms with van der Waals surface area (Å²) in [6.45, 7) is 1.95. The van der Waals surface area contributed by atoms with E-state index in [4.69, 9.17) is 14.5 Å². The molecule has 1 unspecified atom stereocenters. The molecule has 0 amide bonds. The summed E-state index contributed by atoms with van der Waals surface area (Å²) in [4.78, 5) is 30.0. The van der Waals surface area contributed by atoms with Crippen LogP contribution in [0.4, 0.5) is 0 Å². The molecule has 7 nitrogen and oxygen atoms in total. The molecule has 7 heteroatoms. The second kappa shape index (κ2) is 5.65. The van der Waals surface area contributed by atoms with Gasteiger partial charge in [-0.3, -0.25) is 4.79 Å². The number of fused-ring (bicyclic) bond motifs is 5. The molecule has 142 valence electrons. The lowest BCUT2D eigenvalue weighted by atomic mass is 9.86. The summed E-state index contributed by atoms with van der Waals surface area (Å²) in [5.41, 5.74) is 1.53. The molecule has 5 rings (SSSR count). The maximum atomic E-state index is 13.1. The molecule has 2 aromatic heterocycles. The van der Waals surface area contributed by atoms with Crippen molar-refractivity contribution in [3.8, 4) is 17.1 Å². The number of pyridine rings is 2. The van der Waals surface area contributed by atoms with Crippen LogP contribution in [0.3, 0.4) is 0 Å². The Morgan fingerprint density at radius 1 is 1.29 bits per heavy atom. The van der Waals surface area contributed by atoms with Crippen molar-refractivity contribution in [3.63, 3.8) is 0 Å². The Morgan fingerprint density at radius 3 is 2.86 bits per heavy atom. The van der Waals surface area contributed by atoms with Gasteiger partial charge in [0, 0.05) is 22.6 Å². The van der Waals surface area contributed by atoms with Crippen molar-refractivity contribution in [1.29, 1.82) is 0 Å². The molecule has 0 fully saturated rings. The lowest BCUT2D eigenvalue weighted by Crippen LogP contribution is -2.44. The molecule has 2 aliphatic heterocycles. The monoisotopic (exact) mass is 378 g/mol. The van der Waals surface area contributed by atoms with E-state index in [0.717, 1.165) is 16.5 Å². The van der Waals surface area contributed by atoms with E-state index in [-0.39, 0.29) is 18.6 Å². The lowest BCUT2D eigenvalue weighted by molar-refractivity contribution is -0.172. The first-order valence-corrected chi connectivity index (χ1v) is 9.11. The van der Waals surface area contributed by atoms with Crippen LogP contribution in [0.5, 0.6) is 5.75 Å². The van der Waals surface area contributed by atoms with Crippen LogP contribution in [0.1, 0.15) is 30.0 Å². The topological polar surface area (TPSA) is 90.7 Å². The minimum Gasteiger partial charge on any atom is -0.497 e. The fourth-order valence-electron chi connectivity index (χ4n) is 4.08. The van der Waals surface area contributed by atoms with Gasteiger partial charge in [0.05, 0.1) is 36.1 Å². The van der Waals surface area contributed by atoms with Crippen LogP contribution in [-0.4, -0.2) is 27.7 Å². The Labute approximate surface area is 160 Å². The number of aliphatic hydroxyl groups is 1. The van der Waals surface area contributed by atoms with Crippen LogP contribution in [-0.2, 0) is 28.3 Å². The molecule has 0 aliphatic carbocycles. The molecule has 0 saturated heterocycles. The summed E-state index contributed by atoms with van der Waals surface area (Å²) in [7, 11) is 1.60. The minimum absolute atomic E-state index is 0.122. The van der Waals surface area contributed by atoms with Gasteiger partial charge in [0.25, 0.3) is 5.56 Å². The largest absolute Gasteiger partial charge is 0.497 e. The summed E-state index contributed by atoms with van der Waals surface area (Å²) < 4.78 is 12.0. The first-order valence-electron chi connectivity index (χ1n) is 9.11. The standard InChI is InChI=1S/C21H18N2O5/c1-3-21(26)15-8-17-18-12(6-11-4-5-13(27-2)7-16(11)22-18)9-23(17)19(24)14(15)10-28-20(21)25/h4-8,26H,3,9-10H2,1-2H3. The number of esters is 1. The van der Waals surface area contributed by atoms with Gasteiger partial charge in [-0.15, -0.1) is 0 Å². The van der Waals surface area contributed by atoms with Gasteiger partial charge in [-0.25, -0.2) is 9.78 Å². The molecule has 0 bridgehead atoms. The SMILES string of the molecule is CCC1(O)C(=O)OCc2c1cc1n(c2=O)Cc2cc3ccc(OC)cc3nc2-1. The zero-order chi connectivity index (χ0) is 19.6. The number of hydrogen-bond acceptors (Lipinski definition) is 6. The molecular weight excluding hydrogens is 360 g/mol. The van der Waals surface area contributed by atoms with E-state index in [1.54, 1.807) is 24.7 Å². The van der Waals surface area contributed by atoms with E-state index in [2.05, 4.69) is 0 Å². The Morgan fingerprint density at radius 2 is 2.11 bits per heavy atom. The molecule has 0 radical (unpaired) electrons. The third-order valence-corrected chi connectivity index (χ3v) is 5.72. The normalized spacial score (nSPS) is 19.8. The van der Waals surface area contributed by atoms with Crippen molar-refractivity contribution in [2.24, 2.45) is 0 Å². The zero-order valence-electron chi connectivity index (χ0n) is 15.5. The van der Waals surface area contributed by atoms with E-state index in [1.165, 1.54) is 0 Å². The average Bonchev–Trinajstić information content (AvgIpc) is 3.07. The zero-order valence-corrected chi connectivity index (χ0v) is 15.5. The first kappa shape index (κ1) is 16.9. The highest BCUT2D eigenvalue weighted by Crippen LogP contribution is 2.38. The van der Waals surface area contributed by atoms with Crippen molar-refractivity contribution < 1.29 is 19.4 Å². The summed E-state index contributed by atoms with van der Waals surface area (Å²) in [5, 5.41) is 11.8. The molecule has 0 spiro atoms. The summed E-state index contributed by atoms with van der Waals surface area (Å²) in [6.07, 6.45) is 0.122. The van der Waals surface area contributed by atoms with Crippen molar-refractivity contribution in [3.05, 3.63) is 57.4 Å². The molecule has 2 aliphatic rings. The molecular formula is C21H18N2O5. The fourth-order valence-corrected chi connectivity index (χ4v) is 4.08. The highest BCUT2D eigenvalue weighted by atomic mass is 16.6. The van der Waals surface area contributed by atoms with Gasteiger partial charge in [0.1, 0.15) is 12.4 Å². The van der Waals surface area contributed by atoms with Gasteiger partial charge in [0.2, 0.25) is 0 Å². The number of carbonyl (C=O) groups is 1. The number of carbonyl (C=O) groups excluding carboxylic acids is 1. The van der Waals surface area contributed by atoms with Crippen molar-refractivity contribution >= 4 is 16.9 Å². The molecule has 1 N–H and O–H groups in total. The average molecular weight is 378 g/mol. The van der Waals surface area contributed by atoms with E-state index >= 15 is 0 Å². The molecule has 1 aromatic carbocycles. The van der Waals surface area contributed by atoms with E-state index < -0.39 is 11.6 Å². The number of cyclic esters (lactones) is 1. The molecule has 1 atom stereocenters. The number of aromatic nitrogens is 2. The Kier molecular flexibility index (Phi) is 3.42. The van der Waals surface area contributed by atoms with Gasteiger partial charge in [-0.05, 0) is 30.7 Å². The quantitative estimate of drug-likeness (QED) is 0.537. The number of hydrogen-bond donors (Lipinski definition) is 1. The third kappa shape index (κ3) is 2.10. The van der Waals surface area contributed by atoms with Crippen LogP contribution < -0.4 is 10.3 Å². The van der Waals surface area contributed by atoms with Crippen LogP contribution in [0.15, 0.2) is 35.1 Å². The van der Waals surface area contributed by atoms with Crippen molar-refractivity contribution in [2.75, 3.05) is 7.11 Å². The second-order valence-corrected chi connectivity index (χ2v) is 7.16.